The Morgan fingerprint density at radius 1 is 1.31 bits per heavy atom. The number of amides is 1. The molecule has 7 heteroatoms. The first kappa shape index (κ1) is 19.9. The fourth-order valence-electron chi connectivity index (χ4n) is 4.17. The maximum Gasteiger partial charge on any atom is 0.235 e. The van der Waals surface area contributed by atoms with Crippen molar-refractivity contribution < 1.29 is 9.63 Å². The number of piperidine rings is 1. The Labute approximate surface area is 175 Å². The van der Waals surface area contributed by atoms with Gasteiger partial charge in [0.2, 0.25) is 5.91 Å². The molecule has 29 heavy (non-hydrogen) atoms. The Morgan fingerprint density at radius 2 is 2.10 bits per heavy atom. The highest BCUT2D eigenvalue weighted by Gasteiger charge is 2.48. The van der Waals surface area contributed by atoms with Gasteiger partial charge in [-0.2, -0.15) is 0 Å². The van der Waals surface area contributed by atoms with Crippen LogP contribution in [0.3, 0.4) is 0 Å². The summed E-state index contributed by atoms with van der Waals surface area (Å²) in [7, 11) is 0. The molecular formula is C22H25ClN4O2. The van der Waals surface area contributed by atoms with Crippen molar-refractivity contribution >= 4 is 28.9 Å². The van der Waals surface area contributed by atoms with E-state index in [0.717, 1.165) is 60.7 Å². The molecule has 1 spiro atoms. The molecule has 1 N–H and O–H groups in total. The van der Waals surface area contributed by atoms with Crippen LogP contribution < -0.4 is 5.32 Å². The number of halogens is 1. The quantitative estimate of drug-likeness (QED) is 0.595. The largest absolute Gasteiger partial charge is 0.396 e. The Balaban J connectivity index is 1.41. The highest BCUT2D eigenvalue weighted by Crippen LogP contribution is 2.45. The Bertz CT molecular complexity index is 934. The van der Waals surface area contributed by atoms with Crippen molar-refractivity contribution in [3.05, 3.63) is 58.4 Å². The SMILES string of the molecule is CCO/N=C(\C)c1ccc(CN2CCC3(CC2)C(=O)Nc2ccc(Cl)cc23)cn1. The summed E-state index contributed by atoms with van der Waals surface area (Å²) < 4.78 is 0. The summed E-state index contributed by atoms with van der Waals surface area (Å²) >= 11 is 6.20. The van der Waals surface area contributed by atoms with E-state index in [0.29, 0.717) is 11.6 Å². The Morgan fingerprint density at radius 3 is 2.79 bits per heavy atom. The van der Waals surface area contributed by atoms with Gasteiger partial charge < -0.3 is 10.2 Å². The van der Waals surface area contributed by atoms with E-state index in [1.807, 2.05) is 44.3 Å². The van der Waals surface area contributed by atoms with Crippen LogP contribution in [0.4, 0.5) is 5.69 Å². The number of rotatable bonds is 5. The number of anilines is 1. The number of hydrogen-bond acceptors (Lipinski definition) is 5. The summed E-state index contributed by atoms with van der Waals surface area (Å²) in [6, 6.07) is 9.72. The second-order valence-electron chi connectivity index (χ2n) is 7.65. The van der Waals surface area contributed by atoms with Gasteiger partial charge in [-0.3, -0.25) is 14.7 Å². The number of benzene rings is 1. The molecule has 4 rings (SSSR count). The maximum atomic E-state index is 12.8. The summed E-state index contributed by atoms with van der Waals surface area (Å²) in [5.41, 5.74) is 4.22. The number of nitrogens with zero attached hydrogens (tertiary/aromatic N) is 3. The molecule has 0 atom stereocenters. The average Bonchev–Trinajstić information content (AvgIpc) is 2.99. The third kappa shape index (κ3) is 3.87. The zero-order valence-corrected chi connectivity index (χ0v) is 17.5. The maximum absolute atomic E-state index is 12.8. The van der Waals surface area contributed by atoms with Crippen LogP contribution in [0.25, 0.3) is 0 Å². The molecule has 1 aromatic carbocycles. The zero-order valence-electron chi connectivity index (χ0n) is 16.7. The average molecular weight is 413 g/mol. The van der Waals surface area contributed by atoms with Crippen LogP contribution in [-0.4, -0.2) is 41.2 Å². The second-order valence-corrected chi connectivity index (χ2v) is 8.08. The second kappa shape index (κ2) is 8.13. The third-order valence-electron chi connectivity index (χ3n) is 5.82. The fourth-order valence-corrected chi connectivity index (χ4v) is 4.35. The molecular weight excluding hydrogens is 388 g/mol. The van der Waals surface area contributed by atoms with E-state index in [9.17, 15) is 4.79 Å². The normalized spacial score (nSPS) is 18.6. The van der Waals surface area contributed by atoms with E-state index < -0.39 is 5.41 Å². The smallest absolute Gasteiger partial charge is 0.235 e. The van der Waals surface area contributed by atoms with Gasteiger partial charge >= 0.3 is 0 Å². The van der Waals surface area contributed by atoms with E-state index >= 15 is 0 Å². The van der Waals surface area contributed by atoms with E-state index in [1.54, 1.807) is 0 Å². The molecule has 152 valence electrons. The first-order chi connectivity index (χ1) is 14.0. The first-order valence-electron chi connectivity index (χ1n) is 9.97. The van der Waals surface area contributed by atoms with Crippen LogP contribution in [-0.2, 0) is 21.6 Å². The molecule has 1 aromatic heterocycles. The molecule has 3 heterocycles. The van der Waals surface area contributed by atoms with Crippen molar-refractivity contribution in [2.24, 2.45) is 5.16 Å². The molecule has 2 aliphatic rings. The molecule has 1 saturated heterocycles. The predicted octanol–water partition coefficient (Wildman–Crippen LogP) is 3.98. The van der Waals surface area contributed by atoms with Crippen molar-refractivity contribution in [2.45, 2.75) is 38.6 Å². The fraction of sp³-hybridized carbons (Fsp3) is 0.409. The highest BCUT2D eigenvalue weighted by atomic mass is 35.5. The lowest BCUT2D eigenvalue weighted by atomic mass is 9.73. The van der Waals surface area contributed by atoms with Crippen molar-refractivity contribution in [3.8, 4) is 0 Å². The Kier molecular flexibility index (Phi) is 5.56. The van der Waals surface area contributed by atoms with Gasteiger partial charge in [-0.1, -0.05) is 22.8 Å². The van der Waals surface area contributed by atoms with Gasteiger partial charge in [-0.15, -0.1) is 0 Å². The standard InChI is InChI=1S/C22H25ClN4O2/c1-3-29-26-15(2)19-6-4-16(13-24-19)14-27-10-8-22(9-11-27)18-12-17(23)5-7-20(18)25-21(22)28/h4-7,12-13H,3,8-11,14H2,1-2H3,(H,25,28)/b26-15+. The highest BCUT2D eigenvalue weighted by molar-refractivity contribution is 6.31. The first-order valence-corrected chi connectivity index (χ1v) is 10.4. The van der Waals surface area contributed by atoms with Crippen molar-refractivity contribution in [1.29, 1.82) is 0 Å². The molecule has 6 nitrogen and oxygen atoms in total. The summed E-state index contributed by atoms with van der Waals surface area (Å²) in [5.74, 6) is 0.101. The summed E-state index contributed by atoms with van der Waals surface area (Å²) in [6.45, 7) is 6.85. The number of carbonyl (C=O) groups excluding carboxylic acids is 1. The number of hydrogen-bond donors (Lipinski definition) is 1. The van der Waals surface area contributed by atoms with Crippen molar-refractivity contribution in [2.75, 3.05) is 25.0 Å². The molecule has 0 unspecified atom stereocenters. The number of fused-ring (bicyclic) bond motifs is 2. The number of nitrogens with one attached hydrogen (secondary N) is 1. The van der Waals surface area contributed by atoms with Crippen molar-refractivity contribution in [3.63, 3.8) is 0 Å². The van der Waals surface area contributed by atoms with Gasteiger partial charge in [0.25, 0.3) is 0 Å². The lowest BCUT2D eigenvalue weighted by molar-refractivity contribution is -0.122. The summed E-state index contributed by atoms with van der Waals surface area (Å²) in [6.07, 6.45) is 3.47. The topological polar surface area (TPSA) is 66.8 Å². The van der Waals surface area contributed by atoms with E-state index in [2.05, 4.69) is 26.4 Å². The zero-order chi connectivity index (χ0) is 20.4. The van der Waals surface area contributed by atoms with Crippen molar-refractivity contribution in [1.82, 2.24) is 9.88 Å². The molecule has 0 saturated carbocycles. The summed E-state index contributed by atoms with van der Waals surface area (Å²) in [4.78, 5) is 24.7. The van der Waals surface area contributed by atoms with Gasteiger partial charge in [0.05, 0.1) is 11.1 Å². The van der Waals surface area contributed by atoms with Crippen LogP contribution in [0.15, 0.2) is 41.7 Å². The van der Waals surface area contributed by atoms with Crippen LogP contribution >= 0.6 is 11.6 Å². The van der Waals surface area contributed by atoms with Gasteiger partial charge in [0, 0.05) is 23.5 Å². The minimum Gasteiger partial charge on any atom is -0.396 e. The van der Waals surface area contributed by atoms with Gasteiger partial charge in [0.15, 0.2) is 0 Å². The number of oxime groups is 1. The molecule has 2 aromatic rings. The molecule has 2 aliphatic heterocycles. The third-order valence-corrected chi connectivity index (χ3v) is 6.06. The van der Waals surface area contributed by atoms with E-state index in [4.69, 9.17) is 16.4 Å². The van der Waals surface area contributed by atoms with E-state index in [-0.39, 0.29) is 5.91 Å². The minimum atomic E-state index is -0.453. The lowest BCUT2D eigenvalue weighted by Gasteiger charge is -2.38. The van der Waals surface area contributed by atoms with E-state index in [1.165, 1.54) is 0 Å². The molecule has 1 amide bonds. The minimum absolute atomic E-state index is 0.101. The molecule has 0 radical (unpaired) electrons. The number of likely N-dealkylation sites (tertiary alicyclic amines) is 1. The molecule has 1 fully saturated rings. The van der Waals surface area contributed by atoms with Crippen LogP contribution in [0.1, 0.15) is 43.5 Å². The number of aromatic nitrogens is 1. The number of pyridine rings is 1. The summed E-state index contributed by atoms with van der Waals surface area (Å²) in [5, 5.41) is 7.74. The monoisotopic (exact) mass is 412 g/mol. The predicted molar refractivity (Wildman–Crippen MR) is 114 cm³/mol. The van der Waals surface area contributed by atoms with Gasteiger partial charge in [-0.05, 0) is 75.2 Å². The van der Waals surface area contributed by atoms with Gasteiger partial charge in [-0.25, -0.2) is 0 Å². The Hall–Kier alpha value is -2.44. The van der Waals surface area contributed by atoms with Crippen LogP contribution in [0.2, 0.25) is 5.02 Å². The van der Waals surface area contributed by atoms with Gasteiger partial charge in [0.1, 0.15) is 12.3 Å². The molecule has 0 aliphatic carbocycles. The number of carbonyl (C=O) groups is 1. The lowest BCUT2D eigenvalue weighted by Crippen LogP contribution is -2.46. The molecule has 0 bridgehead atoms. The van der Waals surface area contributed by atoms with Crippen LogP contribution in [0, 0.1) is 0 Å². The van der Waals surface area contributed by atoms with Crippen LogP contribution in [0.5, 0.6) is 0 Å².